The molecule has 144 valence electrons. The summed E-state index contributed by atoms with van der Waals surface area (Å²) in [6, 6.07) is 7.80. The third kappa shape index (κ3) is 2.63. The fourth-order valence-corrected chi connectivity index (χ4v) is 4.21. The van der Waals surface area contributed by atoms with Crippen LogP contribution in [-0.4, -0.2) is 14.9 Å². The van der Waals surface area contributed by atoms with Crippen LogP contribution >= 0.6 is 0 Å². The predicted octanol–water partition coefficient (Wildman–Crippen LogP) is 2.18. The molecule has 0 spiro atoms. The van der Waals surface area contributed by atoms with E-state index < -0.39 is 11.2 Å². The minimum absolute atomic E-state index is 0.0240. The molecule has 0 fully saturated rings. The predicted molar refractivity (Wildman–Crippen MR) is 108 cm³/mol. The first-order chi connectivity index (χ1) is 13.1. The number of aromatic nitrogens is 3. The Labute approximate surface area is 162 Å². The third-order valence-electron chi connectivity index (χ3n) is 5.65. The number of H-pyrrole nitrogens is 1. The normalized spacial score (nSPS) is 15.7. The number of aromatic amines is 1. The lowest BCUT2D eigenvalue weighted by atomic mass is 9.73. The first-order valence-corrected chi connectivity index (χ1v) is 9.39. The van der Waals surface area contributed by atoms with E-state index >= 15 is 0 Å². The van der Waals surface area contributed by atoms with Crippen molar-refractivity contribution in [3.63, 3.8) is 0 Å². The zero-order valence-corrected chi connectivity index (χ0v) is 16.8. The molecule has 0 aliphatic heterocycles. The van der Waals surface area contributed by atoms with Crippen molar-refractivity contribution >= 4 is 16.8 Å². The zero-order valence-electron chi connectivity index (χ0n) is 16.8. The molecule has 0 saturated carbocycles. The molecule has 0 radical (unpaired) electrons. The minimum Gasteiger partial charge on any atom is -0.294 e. The summed E-state index contributed by atoms with van der Waals surface area (Å²) in [6.07, 6.45) is 1.09. The SMILES string of the molecule is Cc1ccc(-c2c3c([nH+]c4c2c(=O)n(C)c(=O)n4C)CC(C)(C)CC3=O)cc1. The standard InChI is InChI=1S/C22H23N3O3/c1-12-6-8-13(9-7-12)16-17-14(10-22(2,3)11-15(17)26)23-19-18(16)20(27)25(5)21(28)24(19)4/h6-9H,10-11H2,1-5H3/p+1. The van der Waals surface area contributed by atoms with Crippen molar-refractivity contribution in [2.75, 3.05) is 0 Å². The van der Waals surface area contributed by atoms with E-state index in [1.54, 1.807) is 7.05 Å². The number of rotatable bonds is 1. The van der Waals surface area contributed by atoms with Crippen molar-refractivity contribution < 1.29 is 9.78 Å². The number of hydrogen-bond acceptors (Lipinski definition) is 3. The van der Waals surface area contributed by atoms with Gasteiger partial charge in [0.15, 0.2) is 5.78 Å². The van der Waals surface area contributed by atoms with Crippen LogP contribution in [0.3, 0.4) is 0 Å². The number of nitrogens with zero attached hydrogens (tertiary/aromatic N) is 2. The highest BCUT2D eigenvalue weighted by Crippen LogP contribution is 2.39. The van der Waals surface area contributed by atoms with Crippen molar-refractivity contribution in [2.24, 2.45) is 19.5 Å². The Morgan fingerprint density at radius 2 is 1.57 bits per heavy atom. The maximum absolute atomic E-state index is 13.2. The fourth-order valence-electron chi connectivity index (χ4n) is 4.21. The average molecular weight is 378 g/mol. The minimum atomic E-state index is -0.398. The van der Waals surface area contributed by atoms with Crippen LogP contribution in [0.1, 0.15) is 41.9 Å². The van der Waals surface area contributed by atoms with Crippen LogP contribution in [0, 0.1) is 12.3 Å². The Bertz CT molecular complexity index is 1260. The number of fused-ring (bicyclic) bond motifs is 2. The molecule has 28 heavy (non-hydrogen) atoms. The lowest BCUT2D eigenvalue weighted by Crippen LogP contribution is -2.42. The highest BCUT2D eigenvalue weighted by Gasteiger charge is 2.38. The molecule has 2 heterocycles. The molecule has 1 N–H and O–H groups in total. The van der Waals surface area contributed by atoms with Gasteiger partial charge in [0, 0.05) is 25.5 Å². The van der Waals surface area contributed by atoms with Gasteiger partial charge in [-0.05, 0) is 17.9 Å². The highest BCUT2D eigenvalue weighted by atomic mass is 16.2. The van der Waals surface area contributed by atoms with Gasteiger partial charge in [-0.3, -0.25) is 9.59 Å². The van der Waals surface area contributed by atoms with Crippen molar-refractivity contribution in [3.05, 3.63) is 61.9 Å². The molecule has 0 saturated heterocycles. The number of carbonyl (C=O) groups is 1. The van der Waals surface area contributed by atoms with Gasteiger partial charge >= 0.3 is 5.69 Å². The molecule has 6 heteroatoms. The van der Waals surface area contributed by atoms with Gasteiger partial charge in [0.05, 0.1) is 12.6 Å². The Hall–Kier alpha value is -3.02. The van der Waals surface area contributed by atoms with Crippen molar-refractivity contribution in [1.29, 1.82) is 0 Å². The maximum Gasteiger partial charge on any atom is 0.417 e. The molecular weight excluding hydrogens is 354 g/mol. The van der Waals surface area contributed by atoms with Crippen molar-refractivity contribution in [1.82, 2.24) is 9.13 Å². The summed E-state index contributed by atoms with van der Waals surface area (Å²) in [4.78, 5) is 42.0. The molecular formula is C22H24N3O3+. The molecule has 6 nitrogen and oxygen atoms in total. The number of aryl methyl sites for hydroxylation is 2. The summed E-state index contributed by atoms with van der Waals surface area (Å²) in [5, 5.41) is 0.375. The molecule has 1 aliphatic carbocycles. The second-order valence-electron chi connectivity index (χ2n) is 8.59. The van der Waals surface area contributed by atoms with Gasteiger partial charge in [0.2, 0.25) is 0 Å². The van der Waals surface area contributed by atoms with E-state index in [0.717, 1.165) is 21.4 Å². The Kier molecular flexibility index (Phi) is 3.93. The summed E-state index contributed by atoms with van der Waals surface area (Å²) in [5.74, 6) is 0.0240. The van der Waals surface area contributed by atoms with Crippen LogP contribution < -0.4 is 16.2 Å². The molecule has 0 unspecified atom stereocenters. The zero-order chi connectivity index (χ0) is 20.4. The van der Waals surface area contributed by atoms with Crippen LogP contribution in [-0.2, 0) is 20.5 Å². The summed E-state index contributed by atoms with van der Waals surface area (Å²) < 4.78 is 2.54. The molecule has 0 amide bonds. The monoisotopic (exact) mass is 378 g/mol. The van der Waals surface area contributed by atoms with E-state index in [0.29, 0.717) is 35.0 Å². The van der Waals surface area contributed by atoms with Gasteiger partial charge in [-0.2, -0.15) is 4.57 Å². The number of nitrogens with one attached hydrogen (secondary N) is 1. The lowest BCUT2D eigenvalue weighted by Gasteiger charge is -2.29. The Morgan fingerprint density at radius 1 is 0.929 bits per heavy atom. The number of benzene rings is 1. The largest absolute Gasteiger partial charge is 0.417 e. The van der Waals surface area contributed by atoms with Gasteiger partial charge in [0.1, 0.15) is 11.1 Å². The molecule has 2 aromatic heterocycles. The number of hydrogen-bond donors (Lipinski definition) is 0. The van der Waals surface area contributed by atoms with Crippen LogP contribution in [0.2, 0.25) is 0 Å². The molecule has 4 rings (SSSR count). The van der Waals surface area contributed by atoms with E-state index in [9.17, 15) is 14.4 Å². The van der Waals surface area contributed by atoms with Gasteiger partial charge in [-0.15, -0.1) is 0 Å². The summed E-state index contributed by atoms with van der Waals surface area (Å²) in [5.41, 5.74) is 3.36. The van der Waals surface area contributed by atoms with Crippen molar-refractivity contribution in [2.45, 2.75) is 33.6 Å². The topological polar surface area (TPSA) is 75.2 Å². The second-order valence-corrected chi connectivity index (χ2v) is 8.59. The van der Waals surface area contributed by atoms with E-state index in [-0.39, 0.29) is 11.2 Å². The first kappa shape index (κ1) is 18.3. The first-order valence-electron chi connectivity index (χ1n) is 9.39. The Balaban J connectivity index is 2.26. The average Bonchev–Trinajstić information content (AvgIpc) is 2.63. The van der Waals surface area contributed by atoms with Crippen LogP contribution in [0.4, 0.5) is 0 Å². The van der Waals surface area contributed by atoms with Gasteiger partial charge < -0.3 is 0 Å². The Morgan fingerprint density at radius 3 is 2.21 bits per heavy atom. The van der Waals surface area contributed by atoms with E-state index in [1.807, 2.05) is 31.2 Å². The van der Waals surface area contributed by atoms with Crippen LogP contribution in [0.5, 0.6) is 0 Å². The molecule has 0 bridgehead atoms. The maximum atomic E-state index is 13.2. The van der Waals surface area contributed by atoms with Crippen LogP contribution in [0.15, 0.2) is 33.9 Å². The summed E-state index contributed by atoms with van der Waals surface area (Å²) in [6.45, 7) is 6.10. The van der Waals surface area contributed by atoms with E-state index in [2.05, 4.69) is 18.8 Å². The molecule has 1 aliphatic rings. The van der Waals surface area contributed by atoms with E-state index in [1.165, 1.54) is 11.6 Å². The molecule has 0 atom stereocenters. The molecule has 3 aromatic rings. The number of pyridine rings is 1. The summed E-state index contributed by atoms with van der Waals surface area (Å²) in [7, 11) is 3.11. The van der Waals surface area contributed by atoms with Crippen molar-refractivity contribution in [3.8, 4) is 11.1 Å². The molecule has 1 aromatic carbocycles. The van der Waals surface area contributed by atoms with E-state index in [4.69, 9.17) is 0 Å². The number of Topliss-reactive ketones (excluding diaryl/α,β-unsaturated/α-hetero) is 1. The third-order valence-corrected chi connectivity index (χ3v) is 5.65. The number of ketones is 1. The summed E-state index contributed by atoms with van der Waals surface area (Å²) >= 11 is 0. The smallest absolute Gasteiger partial charge is 0.294 e. The van der Waals surface area contributed by atoms with Crippen LogP contribution in [0.25, 0.3) is 22.2 Å². The second kappa shape index (κ2) is 5.99. The van der Waals surface area contributed by atoms with Gasteiger partial charge in [-0.25, -0.2) is 14.3 Å². The number of carbonyl (C=O) groups excluding carboxylic acids is 1. The van der Waals surface area contributed by atoms with Gasteiger partial charge in [-0.1, -0.05) is 43.7 Å². The fraction of sp³-hybridized carbons (Fsp3) is 0.364. The lowest BCUT2D eigenvalue weighted by molar-refractivity contribution is -0.365. The quantitative estimate of drug-likeness (QED) is 0.651. The van der Waals surface area contributed by atoms with Gasteiger partial charge in [0.25, 0.3) is 11.2 Å². The highest BCUT2D eigenvalue weighted by molar-refractivity contribution is 6.09.